The van der Waals surface area contributed by atoms with E-state index in [9.17, 15) is 0 Å². The molecule has 1 atom stereocenters. The van der Waals surface area contributed by atoms with Crippen LogP contribution in [0.3, 0.4) is 0 Å². The third kappa shape index (κ3) is 4.18. The highest BCUT2D eigenvalue weighted by Gasteiger charge is 2.13. The largest absolute Gasteiger partial charge is 0.313 e. The molecule has 0 saturated carbocycles. The molecule has 0 aliphatic rings. The van der Waals surface area contributed by atoms with E-state index in [0.717, 1.165) is 6.42 Å². The second kappa shape index (κ2) is 7.24. The molecule has 1 unspecified atom stereocenters. The van der Waals surface area contributed by atoms with E-state index in [2.05, 4.69) is 84.5 Å². The molecule has 1 nitrogen and oxygen atoms in total. The lowest BCUT2D eigenvalue weighted by Gasteiger charge is -2.19. The van der Waals surface area contributed by atoms with Crippen molar-refractivity contribution in [3.8, 4) is 0 Å². The van der Waals surface area contributed by atoms with E-state index in [1.165, 1.54) is 26.7 Å². The van der Waals surface area contributed by atoms with E-state index in [0.29, 0.717) is 12.0 Å². The van der Waals surface area contributed by atoms with E-state index < -0.39 is 0 Å². The van der Waals surface area contributed by atoms with Gasteiger partial charge in [0, 0.05) is 10.5 Å². The molecule has 2 rings (SSSR count). The van der Waals surface area contributed by atoms with Gasteiger partial charge in [-0.05, 0) is 54.6 Å². The molecule has 0 spiro atoms. The summed E-state index contributed by atoms with van der Waals surface area (Å²) >= 11 is 3.69. The van der Waals surface area contributed by atoms with Gasteiger partial charge >= 0.3 is 0 Å². The maximum absolute atomic E-state index is 3.69. The molecule has 0 aliphatic carbocycles. The molecule has 0 aromatic heterocycles. The minimum Gasteiger partial charge on any atom is -0.313 e. The van der Waals surface area contributed by atoms with Crippen LogP contribution in [0.1, 0.15) is 48.1 Å². The predicted molar refractivity (Wildman–Crippen MR) is 94.9 cm³/mol. The highest BCUT2D eigenvalue weighted by molar-refractivity contribution is 9.10. The van der Waals surface area contributed by atoms with Gasteiger partial charge in [0.25, 0.3) is 0 Å². The van der Waals surface area contributed by atoms with Gasteiger partial charge in [0.2, 0.25) is 0 Å². The SMILES string of the molecule is CNC(Cc1ccc(C(C)C)cc1)c1ccc(C)cc1Br. The van der Waals surface area contributed by atoms with Crippen LogP contribution >= 0.6 is 15.9 Å². The number of rotatable bonds is 5. The van der Waals surface area contributed by atoms with E-state index >= 15 is 0 Å². The van der Waals surface area contributed by atoms with E-state index in [1.807, 2.05) is 7.05 Å². The minimum atomic E-state index is 0.324. The number of aryl methyl sites for hydroxylation is 1. The van der Waals surface area contributed by atoms with E-state index in [1.54, 1.807) is 0 Å². The second-order valence-electron chi connectivity index (χ2n) is 5.97. The Kier molecular flexibility index (Phi) is 5.60. The fourth-order valence-corrected chi connectivity index (χ4v) is 3.33. The first-order valence-electron chi connectivity index (χ1n) is 7.53. The molecule has 0 saturated heterocycles. The van der Waals surface area contributed by atoms with Gasteiger partial charge in [-0.15, -0.1) is 0 Å². The molecule has 2 aromatic carbocycles. The topological polar surface area (TPSA) is 12.0 Å². The molecule has 0 heterocycles. The van der Waals surface area contributed by atoms with Crippen molar-refractivity contribution < 1.29 is 0 Å². The monoisotopic (exact) mass is 345 g/mol. The summed E-state index contributed by atoms with van der Waals surface area (Å²) < 4.78 is 1.18. The molecular formula is C19H24BrN. The summed E-state index contributed by atoms with van der Waals surface area (Å²) in [5.74, 6) is 0.588. The Bertz CT molecular complexity index is 587. The summed E-state index contributed by atoms with van der Waals surface area (Å²) in [5.41, 5.74) is 5.36. The van der Waals surface area contributed by atoms with Gasteiger partial charge in [0.05, 0.1) is 0 Å². The standard InChI is InChI=1S/C19H24BrN/c1-13(2)16-8-6-15(7-9-16)12-19(21-4)17-10-5-14(3)11-18(17)20/h5-11,13,19,21H,12H2,1-4H3. The van der Waals surface area contributed by atoms with Crippen LogP contribution in [0.25, 0.3) is 0 Å². The first kappa shape index (κ1) is 16.3. The van der Waals surface area contributed by atoms with Gasteiger partial charge < -0.3 is 5.32 Å². The van der Waals surface area contributed by atoms with Crippen LogP contribution in [0, 0.1) is 6.92 Å². The average molecular weight is 346 g/mol. The van der Waals surface area contributed by atoms with Gasteiger partial charge in [-0.25, -0.2) is 0 Å². The Labute approximate surface area is 136 Å². The summed E-state index contributed by atoms with van der Waals surface area (Å²) in [6, 6.07) is 15.9. The smallest absolute Gasteiger partial charge is 0.0369 e. The zero-order valence-electron chi connectivity index (χ0n) is 13.3. The summed E-state index contributed by atoms with van der Waals surface area (Å²) in [4.78, 5) is 0. The van der Waals surface area contributed by atoms with Crippen molar-refractivity contribution in [2.75, 3.05) is 7.05 Å². The van der Waals surface area contributed by atoms with Crippen molar-refractivity contribution in [2.24, 2.45) is 0 Å². The molecule has 0 bridgehead atoms. The lowest BCUT2D eigenvalue weighted by Crippen LogP contribution is -2.19. The second-order valence-corrected chi connectivity index (χ2v) is 6.82. The third-order valence-electron chi connectivity index (χ3n) is 3.97. The number of hydrogen-bond donors (Lipinski definition) is 1. The summed E-state index contributed by atoms with van der Waals surface area (Å²) in [6.45, 7) is 6.58. The number of likely N-dealkylation sites (N-methyl/N-ethyl adjacent to an activating group) is 1. The van der Waals surface area contributed by atoms with Crippen molar-refractivity contribution >= 4 is 15.9 Å². The summed E-state index contributed by atoms with van der Waals surface area (Å²) in [6.07, 6.45) is 0.997. The Hall–Kier alpha value is -1.12. The normalized spacial score (nSPS) is 12.7. The van der Waals surface area contributed by atoms with E-state index in [-0.39, 0.29) is 0 Å². The van der Waals surface area contributed by atoms with Crippen molar-refractivity contribution in [2.45, 2.75) is 39.2 Å². The Morgan fingerprint density at radius 3 is 2.24 bits per heavy atom. The maximum Gasteiger partial charge on any atom is 0.0369 e. The highest BCUT2D eigenvalue weighted by Crippen LogP contribution is 2.27. The van der Waals surface area contributed by atoms with Gasteiger partial charge in [0.1, 0.15) is 0 Å². The molecule has 0 aliphatic heterocycles. The minimum absolute atomic E-state index is 0.324. The lowest BCUT2D eigenvalue weighted by atomic mass is 9.96. The number of halogens is 1. The van der Waals surface area contributed by atoms with Gasteiger partial charge in [-0.2, -0.15) is 0 Å². The average Bonchev–Trinajstić information content (AvgIpc) is 2.46. The van der Waals surface area contributed by atoms with Crippen molar-refractivity contribution in [1.82, 2.24) is 5.32 Å². The molecule has 0 radical (unpaired) electrons. The first-order valence-corrected chi connectivity index (χ1v) is 8.32. The van der Waals surface area contributed by atoms with Crippen molar-refractivity contribution in [3.63, 3.8) is 0 Å². The third-order valence-corrected chi connectivity index (χ3v) is 4.65. The Balaban J connectivity index is 2.18. The molecule has 0 amide bonds. The van der Waals surface area contributed by atoms with Crippen LogP contribution < -0.4 is 5.32 Å². The fourth-order valence-electron chi connectivity index (χ4n) is 2.56. The Morgan fingerprint density at radius 1 is 1.05 bits per heavy atom. The maximum atomic E-state index is 3.69. The van der Waals surface area contributed by atoms with Crippen LogP contribution in [-0.2, 0) is 6.42 Å². The molecule has 2 aromatic rings. The van der Waals surface area contributed by atoms with E-state index in [4.69, 9.17) is 0 Å². The zero-order valence-corrected chi connectivity index (χ0v) is 14.9. The molecular weight excluding hydrogens is 322 g/mol. The number of benzene rings is 2. The number of hydrogen-bond acceptors (Lipinski definition) is 1. The first-order chi connectivity index (χ1) is 10.0. The van der Waals surface area contributed by atoms with Crippen LogP contribution in [0.4, 0.5) is 0 Å². The Morgan fingerprint density at radius 2 is 1.71 bits per heavy atom. The van der Waals surface area contributed by atoms with Crippen LogP contribution in [0.2, 0.25) is 0 Å². The molecule has 21 heavy (non-hydrogen) atoms. The van der Waals surface area contributed by atoms with Crippen LogP contribution in [-0.4, -0.2) is 7.05 Å². The van der Waals surface area contributed by atoms with Crippen molar-refractivity contribution in [1.29, 1.82) is 0 Å². The molecule has 112 valence electrons. The highest BCUT2D eigenvalue weighted by atomic mass is 79.9. The summed E-state index contributed by atoms with van der Waals surface area (Å²) in [5, 5.41) is 3.43. The van der Waals surface area contributed by atoms with Crippen LogP contribution in [0.15, 0.2) is 46.9 Å². The van der Waals surface area contributed by atoms with Crippen LogP contribution in [0.5, 0.6) is 0 Å². The van der Waals surface area contributed by atoms with Gasteiger partial charge in [-0.3, -0.25) is 0 Å². The quantitative estimate of drug-likeness (QED) is 0.766. The zero-order chi connectivity index (χ0) is 15.4. The molecule has 2 heteroatoms. The fraction of sp³-hybridized carbons (Fsp3) is 0.368. The predicted octanol–water partition coefficient (Wildman–Crippen LogP) is 5.38. The summed E-state index contributed by atoms with van der Waals surface area (Å²) in [7, 11) is 2.03. The molecule has 0 fully saturated rings. The van der Waals surface area contributed by atoms with Crippen molar-refractivity contribution in [3.05, 3.63) is 69.2 Å². The number of nitrogens with one attached hydrogen (secondary N) is 1. The molecule has 1 N–H and O–H groups in total. The van der Waals surface area contributed by atoms with Gasteiger partial charge in [0.15, 0.2) is 0 Å². The lowest BCUT2D eigenvalue weighted by molar-refractivity contribution is 0.589. The van der Waals surface area contributed by atoms with Gasteiger partial charge in [-0.1, -0.05) is 66.2 Å².